The van der Waals surface area contributed by atoms with Crippen molar-refractivity contribution in [2.24, 2.45) is 0 Å². The number of nitrogens with zero attached hydrogens (tertiary/aromatic N) is 2. The Morgan fingerprint density at radius 3 is 2.54 bits per heavy atom. The molecule has 2 amide bonds. The summed E-state index contributed by atoms with van der Waals surface area (Å²) < 4.78 is 0. The van der Waals surface area contributed by atoms with Crippen molar-refractivity contribution in [1.29, 1.82) is 5.26 Å². The number of rotatable bonds is 4. The van der Waals surface area contributed by atoms with Crippen molar-refractivity contribution in [3.63, 3.8) is 0 Å². The van der Waals surface area contributed by atoms with Gasteiger partial charge in [-0.05, 0) is 36.4 Å². The molecule has 0 radical (unpaired) electrons. The van der Waals surface area contributed by atoms with E-state index in [2.05, 4.69) is 5.32 Å². The molecular weight excluding hydrogens is 354 g/mol. The van der Waals surface area contributed by atoms with Crippen molar-refractivity contribution >= 4 is 46.2 Å². The molecule has 132 valence electrons. The van der Waals surface area contributed by atoms with Crippen LogP contribution in [0.15, 0.2) is 54.2 Å². The lowest BCUT2D eigenvalue weighted by molar-refractivity contribution is -0.116. The fourth-order valence-corrected chi connectivity index (χ4v) is 2.27. The van der Waals surface area contributed by atoms with E-state index in [1.165, 1.54) is 24.0 Å². The van der Waals surface area contributed by atoms with Crippen LogP contribution in [0.25, 0.3) is 0 Å². The minimum atomic E-state index is -0.691. The second-order valence-electron chi connectivity index (χ2n) is 5.33. The van der Waals surface area contributed by atoms with Crippen molar-refractivity contribution in [1.82, 2.24) is 0 Å². The highest BCUT2D eigenvalue weighted by Crippen LogP contribution is 2.23. The molecule has 0 spiro atoms. The van der Waals surface area contributed by atoms with E-state index in [4.69, 9.17) is 23.1 Å². The number of benzene rings is 2. The highest BCUT2D eigenvalue weighted by Gasteiger charge is 2.16. The van der Waals surface area contributed by atoms with Crippen LogP contribution < -0.4 is 21.7 Å². The monoisotopic (exact) mass is 369 g/mol. The lowest BCUT2D eigenvalue weighted by atomic mass is 10.2. The number of anilines is 4. The molecule has 0 heterocycles. The van der Waals surface area contributed by atoms with Gasteiger partial charge in [-0.15, -0.1) is 0 Å². The first-order chi connectivity index (χ1) is 12.3. The summed E-state index contributed by atoms with van der Waals surface area (Å²) in [6.07, 6.45) is 1.16. The van der Waals surface area contributed by atoms with Gasteiger partial charge in [-0.2, -0.15) is 5.26 Å². The Kier molecular flexibility index (Phi) is 5.83. The van der Waals surface area contributed by atoms with Crippen molar-refractivity contribution in [3.05, 3.63) is 59.3 Å². The van der Waals surface area contributed by atoms with Crippen LogP contribution in [0.2, 0.25) is 5.02 Å². The van der Waals surface area contributed by atoms with Crippen LogP contribution in [-0.2, 0) is 9.59 Å². The first-order valence-electron chi connectivity index (χ1n) is 7.45. The molecule has 2 rings (SSSR count). The molecule has 0 aliphatic carbocycles. The average molecular weight is 370 g/mol. The number of nitriles is 1. The van der Waals surface area contributed by atoms with Crippen LogP contribution in [0.5, 0.6) is 0 Å². The van der Waals surface area contributed by atoms with Gasteiger partial charge in [0.05, 0.1) is 16.4 Å². The summed E-state index contributed by atoms with van der Waals surface area (Å²) in [5, 5.41) is 12.1. The van der Waals surface area contributed by atoms with E-state index in [1.54, 1.807) is 36.4 Å². The predicted molar refractivity (Wildman–Crippen MR) is 102 cm³/mol. The van der Waals surface area contributed by atoms with E-state index in [9.17, 15) is 14.9 Å². The molecule has 0 saturated heterocycles. The highest BCUT2D eigenvalue weighted by molar-refractivity contribution is 6.33. The van der Waals surface area contributed by atoms with Gasteiger partial charge in [0, 0.05) is 24.5 Å². The second kappa shape index (κ2) is 8.05. The van der Waals surface area contributed by atoms with E-state index in [1.807, 2.05) is 0 Å². The molecule has 0 atom stereocenters. The van der Waals surface area contributed by atoms with Crippen LogP contribution in [0.4, 0.5) is 22.7 Å². The van der Waals surface area contributed by atoms with Crippen molar-refractivity contribution < 1.29 is 9.59 Å². The van der Waals surface area contributed by atoms with Crippen LogP contribution in [0.3, 0.4) is 0 Å². The zero-order chi connectivity index (χ0) is 19.3. The van der Waals surface area contributed by atoms with Crippen molar-refractivity contribution in [2.75, 3.05) is 21.7 Å². The molecule has 2 aromatic carbocycles. The molecule has 0 fully saturated rings. The predicted octanol–water partition coefficient (Wildman–Crippen LogP) is 2.90. The van der Waals surface area contributed by atoms with Crippen molar-refractivity contribution in [3.8, 4) is 6.07 Å². The summed E-state index contributed by atoms with van der Waals surface area (Å²) in [5.41, 5.74) is 12.7. The standard InChI is InChI=1S/C18H16ClN5O2/c1-11(25)24(15-4-2-3-13(21)7-15)10-12(9-20)18(26)23-14-5-6-17(22)16(19)8-14/h2-8,10H,21-22H2,1H3,(H,23,26)/b12-10-. The van der Waals surface area contributed by atoms with Crippen molar-refractivity contribution in [2.45, 2.75) is 6.92 Å². The zero-order valence-corrected chi connectivity index (χ0v) is 14.6. The number of hydrogen-bond donors (Lipinski definition) is 3. The summed E-state index contributed by atoms with van der Waals surface area (Å²) in [4.78, 5) is 25.5. The quantitative estimate of drug-likeness (QED) is 0.434. The Labute approximate surface area is 155 Å². The fraction of sp³-hybridized carbons (Fsp3) is 0.0556. The molecule has 7 nitrogen and oxygen atoms in total. The maximum absolute atomic E-state index is 12.4. The summed E-state index contributed by atoms with van der Waals surface area (Å²) >= 11 is 5.91. The lowest BCUT2D eigenvalue weighted by Crippen LogP contribution is -2.25. The minimum Gasteiger partial charge on any atom is -0.399 e. The van der Waals surface area contributed by atoms with E-state index in [-0.39, 0.29) is 16.5 Å². The number of carbonyl (C=O) groups excluding carboxylic acids is 2. The highest BCUT2D eigenvalue weighted by atomic mass is 35.5. The van der Waals surface area contributed by atoms with E-state index >= 15 is 0 Å². The average Bonchev–Trinajstić information content (AvgIpc) is 2.58. The molecule has 2 aromatic rings. The summed E-state index contributed by atoms with van der Waals surface area (Å²) in [5.74, 6) is -1.07. The Hall–Kier alpha value is -3.50. The Balaban J connectivity index is 2.31. The van der Waals surface area contributed by atoms with Crippen LogP contribution in [0.1, 0.15) is 6.92 Å². The van der Waals surface area contributed by atoms with Gasteiger partial charge in [-0.25, -0.2) is 0 Å². The fourth-order valence-electron chi connectivity index (χ4n) is 2.09. The Bertz CT molecular complexity index is 933. The number of nitrogen functional groups attached to an aromatic ring is 2. The van der Waals surface area contributed by atoms with Gasteiger partial charge in [0.2, 0.25) is 5.91 Å². The van der Waals surface area contributed by atoms with Gasteiger partial charge in [0.1, 0.15) is 11.6 Å². The van der Waals surface area contributed by atoms with E-state index < -0.39 is 5.91 Å². The number of amides is 2. The first-order valence-corrected chi connectivity index (χ1v) is 7.83. The van der Waals surface area contributed by atoms with Gasteiger partial charge in [0.25, 0.3) is 5.91 Å². The topological polar surface area (TPSA) is 125 Å². The number of hydrogen-bond acceptors (Lipinski definition) is 5. The maximum Gasteiger partial charge on any atom is 0.267 e. The Morgan fingerprint density at radius 1 is 1.23 bits per heavy atom. The molecule has 5 N–H and O–H groups in total. The van der Waals surface area contributed by atoms with Gasteiger partial charge in [-0.3, -0.25) is 14.5 Å². The van der Waals surface area contributed by atoms with Gasteiger partial charge < -0.3 is 16.8 Å². The maximum atomic E-state index is 12.4. The zero-order valence-electron chi connectivity index (χ0n) is 13.9. The van der Waals surface area contributed by atoms with Crippen LogP contribution >= 0.6 is 11.6 Å². The minimum absolute atomic E-state index is 0.268. The first kappa shape index (κ1) is 18.8. The van der Waals surface area contributed by atoms with Crippen LogP contribution in [0, 0.1) is 11.3 Å². The number of nitrogens with one attached hydrogen (secondary N) is 1. The number of carbonyl (C=O) groups is 2. The molecule has 0 aliphatic rings. The lowest BCUT2D eigenvalue weighted by Gasteiger charge is -2.17. The van der Waals surface area contributed by atoms with E-state index in [0.717, 1.165) is 6.20 Å². The molecular formula is C18H16ClN5O2. The number of nitrogens with two attached hydrogens (primary N) is 2. The smallest absolute Gasteiger partial charge is 0.267 e. The molecule has 8 heteroatoms. The van der Waals surface area contributed by atoms with Crippen LogP contribution in [-0.4, -0.2) is 11.8 Å². The van der Waals surface area contributed by atoms with Gasteiger partial charge >= 0.3 is 0 Å². The van der Waals surface area contributed by atoms with Gasteiger partial charge in [0.15, 0.2) is 0 Å². The van der Waals surface area contributed by atoms with E-state index in [0.29, 0.717) is 22.7 Å². The largest absolute Gasteiger partial charge is 0.399 e. The number of halogens is 1. The molecule has 0 unspecified atom stereocenters. The summed E-state index contributed by atoms with van der Waals surface area (Å²) in [6, 6.07) is 12.9. The summed E-state index contributed by atoms with van der Waals surface area (Å²) in [6.45, 7) is 1.31. The SMILES string of the molecule is CC(=O)N(/C=C(/C#N)C(=O)Nc1ccc(N)c(Cl)c1)c1cccc(N)c1. The third-order valence-corrected chi connectivity index (χ3v) is 3.70. The second-order valence-corrected chi connectivity index (χ2v) is 5.74. The third-order valence-electron chi connectivity index (χ3n) is 3.37. The summed E-state index contributed by atoms with van der Waals surface area (Å²) in [7, 11) is 0. The van der Waals surface area contributed by atoms with Gasteiger partial charge in [-0.1, -0.05) is 17.7 Å². The molecule has 0 aromatic heterocycles. The molecule has 0 bridgehead atoms. The molecule has 26 heavy (non-hydrogen) atoms. The normalized spacial score (nSPS) is 10.7. The molecule has 0 saturated carbocycles. The third kappa shape index (κ3) is 4.53. The molecule has 0 aliphatic heterocycles. The Morgan fingerprint density at radius 2 is 1.96 bits per heavy atom.